The van der Waals surface area contributed by atoms with E-state index in [0.717, 1.165) is 0 Å². The maximum absolute atomic E-state index is 12.0. The second-order valence-electron chi connectivity index (χ2n) is 3.38. The van der Waals surface area contributed by atoms with Crippen LogP contribution < -0.4 is 4.74 Å². The van der Waals surface area contributed by atoms with Gasteiger partial charge in [-0.05, 0) is 18.2 Å². The smallest absolute Gasteiger partial charge is 0.389 e. The van der Waals surface area contributed by atoms with E-state index in [1.54, 1.807) is 0 Å². The summed E-state index contributed by atoms with van der Waals surface area (Å²) in [5.74, 6) is -0.414. The predicted octanol–water partition coefficient (Wildman–Crippen LogP) is 3.87. The minimum absolute atomic E-state index is 0.0734. The Labute approximate surface area is 101 Å². The molecule has 1 aromatic rings. The van der Waals surface area contributed by atoms with E-state index in [2.05, 4.69) is 0 Å². The molecule has 0 aliphatic carbocycles. The molecule has 6 heteroatoms. The average molecular weight is 267 g/mol. The number of ketones is 1. The summed E-state index contributed by atoms with van der Waals surface area (Å²) in [6.07, 6.45) is -6.11. The van der Waals surface area contributed by atoms with Gasteiger partial charge in [-0.2, -0.15) is 13.2 Å². The minimum Gasteiger partial charge on any atom is -0.496 e. The number of Topliss-reactive ketones (excluding diaryl/α,β-unsaturated/α-hetero) is 1. The molecule has 0 aromatic heterocycles. The minimum atomic E-state index is -4.35. The van der Waals surface area contributed by atoms with E-state index in [1.807, 2.05) is 0 Å². The number of rotatable bonds is 4. The number of carbonyl (C=O) groups excluding carboxylic acids is 1. The van der Waals surface area contributed by atoms with Gasteiger partial charge in [-0.15, -0.1) is 0 Å². The van der Waals surface area contributed by atoms with Crippen LogP contribution in [-0.4, -0.2) is 19.1 Å². The van der Waals surface area contributed by atoms with Crippen molar-refractivity contribution in [1.29, 1.82) is 0 Å². The predicted molar refractivity (Wildman–Crippen MR) is 57.6 cm³/mol. The monoisotopic (exact) mass is 266 g/mol. The molecule has 17 heavy (non-hydrogen) atoms. The molecule has 0 saturated carbocycles. The number of ether oxygens (including phenoxy) is 1. The van der Waals surface area contributed by atoms with Gasteiger partial charge >= 0.3 is 6.18 Å². The molecule has 0 N–H and O–H groups in total. The van der Waals surface area contributed by atoms with E-state index in [9.17, 15) is 18.0 Å². The number of methoxy groups -OCH3 is 1. The topological polar surface area (TPSA) is 26.3 Å². The second kappa shape index (κ2) is 5.40. The van der Waals surface area contributed by atoms with Crippen molar-refractivity contribution < 1.29 is 22.7 Å². The molecular weight excluding hydrogens is 257 g/mol. The van der Waals surface area contributed by atoms with E-state index < -0.39 is 24.8 Å². The molecule has 94 valence electrons. The van der Waals surface area contributed by atoms with Gasteiger partial charge in [0, 0.05) is 11.4 Å². The molecule has 0 spiro atoms. The van der Waals surface area contributed by atoms with Gasteiger partial charge < -0.3 is 4.74 Å². The molecule has 1 aromatic carbocycles. The zero-order valence-electron chi connectivity index (χ0n) is 8.97. The lowest BCUT2D eigenvalue weighted by molar-refractivity contribution is -0.133. The van der Waals surface area contributed by atoms with Crippen molar-refractivity contribution in [2.24, 2.45) is 0 Å². The maximum atomic E-state index is 12.0. The number of benzene rings is 1. The summed E-state index contributed by atoms with van der Waals surface area (Å²) in [5.41, 5.74) is 0.0734. The number of hydrogen-bond acceptors (Lipinski definition) is 2. The molecule has 0 amide bonds. The van der Waals surface area contributed by atoms with Crippen LogP contribution in [0, 0.1) is 0 Å². The lowest BCUT2D eigenvalue weighted by atomic mass is 10.1. The van der Waals surface area contributed by atoms with Gasteiger partial charge in [0.2, 0.25) is 0 Å². The summed E-state index contributed by atoms with van der Waals surface area (Å²) in [6.45, 7) is 0. The third-order valence-corrected chi connectivity index (χ3v) is 2.33. The summed E-state index contributed by atoms with van der Waals surface area (Å²) >= 11 is 5.68. The van der Waals surface area contributed by atoms with E-state index in [0.29, 0.717) is 0 Å². The molecule has 0 saturated heterocycles. The first kappa shape index (κ1) is 13.8. The van der Waals surface area contributed by atoms with Crippen molar-refractivity contribution in [2.75, 3.05) is 7.11 Å². The fourth-order valence-electron chi connectivity index (χ4n) is 1.29. The summed E-state index contributed by atoms with van der Waals surface area (Å²) in [6, 6.07) is 4.25. The molecule has 0 aliphatic rings. The summed E-state index contributed by atoms with van der Waals surface area (Å²) in [5, 5.41) is 0.279. The zero-order chi connectivity index (χ0) is 13.1. The highest BCUT2D eigenvalue weighted by Gasteiger charge is 2.28. The van der Waals surface area contributed by atoms with E-state index in [1.165, 1.54) is 25.3 Å². The van der Waals surface area contributed by atoms with Crippen LogP contribution in [0.25, 0.3) is 0 Å². The highest BCUT2D eigenvalue weighted by molar-refractivity contribution is 6.31. The van der Waals surface area contributed by atoms with Crippen LogP contribution in [-0.2, 0) is 0 Å². The number of alkyl halides is 3. The molecule has 0 unspecified atom stereocenters. The molecule has 0 aliphatic heterocycles. The molecule has 0 heterocycles. The normalized spacial score (nSPS) is 11.4. The van der Waals surface area contributed by atoms with Crippen molar-refractivity contribution in [3.63, 3.8) is 0 Å². The number of carbonyl (C=O) groups is 1. The Hall–Kier alpha value is -1.23. The third-order valence-electron chi connectivity index (χ3n) is 2.10. The summed E-state index contributed by atoms with van der Waals surface area (Å²) in [4.78, 5) is 11.6. The second-order valence-corrected chi connectivity index (χ2v) is 3.82. The summed E-state index contributed by atoms with van der Waals surface area (Å²) < 4.78 is 40.8. The van der Waals surface area contributed by atoms with E-state index in [-0.39, 0.29) is 16.3 Å². The van der Waals surface area contributed by atoms with Gasteiger partial charge in [-0.25, -0.2) is 0 Å². The quantitative estimate of drug-likeness (QED) is 0.773. The zero-order valence-corrected chi connectivity index (χ0v) is 9.73. The Bertz CT molecular complexity index is 416. The molecule has 2 nitrogen and oxygen atoms in total. The maximum Gasteiger partial charge on any atom is 0.389 e. The van der Waals surface area contributed by atoms with Crippen LogP contribution >= 0.6 is 11.6 Å². The van der Waals surface area contributed by atoms with Crippen LogP contribution in [0.2, 0.25) is 5.02 Å². The van der Waals surface area contributed by atoms with Crippen LogP contribution in [0.4, 0.5) is 13.2 Å². The van der Waals surface area contributed by atoms with Crippen molar-refractivity contribution in [2.45, 2.75) is 19.0 Å². The molecule has 0 radical (unpaired) electrons. The first-order chi connectivity index (χ1) is 7.83. The van der Waals surface area contributed by atoms with Crippen molar-refractivity contribution in [3.05, 3.63) is 28.8 Å². The average Bonchev–Trinajstić information content (AvgIpc) is 2.25. The van der Waals surface area contributed by atoms with Gasteiger partial charge in [0.15, 0.2) is 5.78 Å². The van der Waals surface area contributed by atoms with Gasteiger partial charge in [0.05, 0.1) is 19.1 Å². The number of hydrogen-bond donors (Lipinski definition) is 0. The third kappa shape index (κ3) is 4.26. The Balaban J connectivity index is 2.84. The Kier molecular flexibility index (Phi) is 4.40. The molecule has 0 fully saturated rings. The highest BCUT2D eigenvalue weighted by atomic mass is 35.5. The highest BCUT2D eigenvalue weighted by Crippen LogP contribution is 2.27. The van der Waals surface area contributed by atoms with Crippen LogP contribution in [0.15, 0.2) is 18.2 Å². The van der Waals surface area contributed by atoms with Crippen molar-refractivity contribution in [1.82, 2.24) is 0 Å². The molecule has 0 bridgehead atoms. The fraction of sp³-hybridized carbons (Fsp3) is 0.364. The van der Waals surface area contributed by atoms with Crippen molar-refractivity contribution in [3.8, 4) is 5.75 Å². The molecular formula is C11H10ClF3O2. The van der Waals surface area contributed by atoms with E-state index >= 15 is 0 Å². The Morgan fingerprint density at radius 2 is 2.06 bits per heavy atom. The lowest BCUT2D eigenvalue weighted by Crippen LogP contribution is -2.11. The Morgan fingerprint density at radius 3 is 2.59 bits per heavy atom. The molecule has 1 rings (SSSR count). The van der Waals surface area contributed by atoms with Gasteiger partial charge in [0.25, 0.3) is 0 Å². The summed E-state index contributed by atoms with van der Waals surface area (Å²) in [7, 11) is 1.34. The van der Waals surface area contributed by atoms with E-state index in [4.69, 9.17) is 16.3 Å². The Morgan fingerprint density at radius 1 is 1.41 bits per heavy atom. The standard InChI is InChI=1S/C11H10ClF3O2/c1-17-10-3-2-7(12)6-8(10)9(16)4-5-11(13,14)15/h2-3,6H,4-5H2,1H3. The van der Waals surface area contributed by atoms with Crippen LogP contribution in [0.1, 0.15) is 23.2 Å². The van der Waals surface area contributed by atoms with Gasteiger partial charge in [-0.3, -0.25) is 4.79 Å². The fourth-order valence-corrected chi connectivity index (χ4v) is 1.46. The number of halogens is 4. The first-order valence-electron chi connectivity index (χ1n) is 4.77. The largest absolute Gasteiger partial charge is 0.496 e. The molecule has 0 atom stereocenters. The van der Waals surface area contributed by atoms with Gasteiger partial charge in [0.1, 0.15) is 5.75 Å². The SMILES string of the molecule is COc1ccc(Cl)cc1C(=O)CCC(F)(F)F. The van der Waals surface area contributed by atoms with Crippen molar-refractivity contribution >= 4 is 17.4 Å². The van der Waals surface area contributed by atoms with Crippen LogP contribution in [0.5, 0.6) is 5.75 Å². The lowest BCUT2D eigenvalue weighted by Gasteiger charge is -2.09. The van der Waals surface area contributed by atoms with Crippen LogP contribution in [0.3, 0.4) is 0 Å². The first-order valence-corrected chi connectivity index (χ1v) is 5.15. The van der Waals surface area contributed by atoms with Gasteiger partial charge in [-0.1, -0.05) is 11.6 Å².